The van der Waals surface area contributed by atoms with E-state index in [1.165, 1.54) is 31.5 Å². The fourth-order valence-electron chi connectivity index (χ4n) is 4.24. The molecule has 24 heavy (non-hydrogen) atoms. The molecule has 3 saturated heterocycles. The second kappa shape index (κ2) is 6.91. The molecule has 0 aliphatic carbocycles. The maximum atomic E-state index is 6.04. The maximum absolute atomic E-state index is 6.04. The summed E-state index contributed by atoms with van der Waals surface area (Å²) in [6.45, 7) is 5.53. The Kier molecular flexibility index (Phi) is 4.50. The lowest BCUT2D eigenvalue weighted by atomic mass is 9.94. The predicted octanol–water partition coefficient (Wildman–Crippen LogP) is 2.76. The van der Waals surface area contributed by atoms with Crippen LogP contribution in [0.5, 0.6) is 0 Å². The number of hydrogen-bond donors (Lipinski definition) is 1. The van der Waals surface area contributed by atoms with Crippen molar-refractivity contribution in [3.63, 3.8) is 0 Å². The topological polar surface area (TPSA) is 45.4 Å². The average Bonchev–Trinajstić information content (AvgIpc) is 2.88. The van der Waals surface area contributed by atoms with E-state index in [1.54, 1.807) is 6.20 Å². The van der Waals surface area contributed by atoms with Gasteiger partial charge < -0.3 is 5.73 Å². The minimum absolute atomic E-state index is 0.654. The summed E-state index contributed by atoms with van der Waals surface area (Å²) in [6.07, 6.45) is 4.44. The summed E-state index contributed by atoms with van der Waals surface area (Å²) < 4.78 is 0. The van der Waals surface area contributed by atoms with E-state index in [1.807, 2.05) is 6.07 Å². The Morgan fingerprint density at radius 3 is 2.67 bits per heavy atom. The van der Waals surface area contributed by atoms with E-state index in [0.29, 0.717) is 11.9 Å². The summed E-state index contributed by atoms with van der Waals surface area (Å²) in [5.41, 5.74) is 8.63. The van der Waals surface area contributed by atoms with E-state index in [4.69, 9.17) is 5.73 Å². The standard InChI is InChI=1S/C20H26N4/c21-20-18(7-4-10-22-20)14-23-11-17-8-9-19(15-23)24(13-17)12-16-5-2-1-3-6-16/h1-7,10,17,19H,8-9,11-15H2,(H2,21,22)/t17-,19+/m1/s1. The van der Waals surface area contributed by atoms with Crippen LogP contribution in [-0.2, 0) is 13.1 Å². The largest absolute Gasteiger partial charge is 0.383 e. The molecule has 3 fully saturated rings. The summed E-state index contributed by atoms with van der Waals surface area (Å²) in [7, 11) is 0. The van der Waals surface area contributed by atoms with Crippen molar-refractivity contribution >= 4 is 5.82 Å². The molecule has 126 valence electrons. The van der Waals surface area contributed by atoms with Crippen LogP contribution in [0.1, 0.15) is 24.0 Å². The van der Waals surface area contributed by atoms with Gasteiger partial charge in [-0.3, -0.25) is 9.80 Å². The van der Waals surface area contributed by atoms with Crippen LogP contribution in [0.25, 0.3) is 0 Å². The highest BCUT2D eigenvalue weighted by Gasteiger charge is 2.34. The van der Waals surface area contributed by atoms with Crippen molar-refractivity contribution in [1.29, 1.82) is 0 Å². The van der Waals surface area contributed by atoms with Gasteiger partial charge >= 0.3 is 0 Å². The molecule has 2 N–H and O–H groups in total. The summed E-state index contributed by atoms with van der Waals surface area (Å²) in [5.74, 6) is 1.44. The van der Waals surface area contributed by atoms with E-state index in [-0.39, 0.29) is 0 Å². The molecule has 4 heteroatoms. The molecule has 3 aliphatic rings. The van der Waals surface area contributed by atoms with Crippen LogP contribution >= 0.6 is 0 Å². The first-order valence-corrected chi connectivity index (χ1v) is 8.97. The van der Waals surface area contributed by atoms with Crippen molar-refractivity contribution in [3.05, 3.63) is 59.8 Å². The quantitative estimate of drug-likeness (QED) is 0.940. The molecule has 0 radical (unpaired) electrons. The average molecular weight is 322 g/mol. The van der Waals surface area contributed by atoms with Crippen molar-refractivity contribution in [2.75, 3.05) is 25.4 Å². The minimum atomic E-state index is 0.654. The van der Waals surface area contributed by atoms with Gasteiger partial charge in [-0.15, -0.1) is 0 Å². The van der Waals surface area contributed by atoms with Crippen molar-refractivity contribution in [3.8, 4) is 0 Å². The number of fused-ring (bicyclic) bond motifs is 4. The predicted molar refractivity (Wildman–Crippen MR) is 97.3 cm³/mol. The maximum Gasteiger partial charge on any atom is 0.127 e. The zero-order chi connectivity index (χ0) is 16.4. The zero-order valence-corrected chi connectivity index (χ0v) is 14.1. The number of pyridine rings is 1. The van der Waals surface area contributed by atoms with Gasteiger partial charge in [-0.05, 0) is 30.4 Å². The highest BCUT2D eigenvalue weighted by molar-refractivity contribution is 5.38. The molecule has 4 heterocycles. The first kappa shape index (κ1) is 15.6. The molecular weight excluding hydrogens is 296 g/mol. The van der Waals surface area contributed by atoms with Crippen molar-refractivity contribution < 1.29 is 0 Å². The number of benzene rings is 1. The Morgan fingerprint density at radius 2 is 1.83 bits per heavy atom. The van der Waals surface area contributed by atoms with E-state index >= 15 is 0 Å². The normalized spacial score (nSPS) is 24.8. The van der Waals surface area contributed by atoms with E-state index < -0.39 is 0 Å². The number of anilines is 1. The molecule has 2 atom stereocenters. The molecular formula is C20H26N4. The molecule has 0 unspecified atom stereocenters. The summed E-state index contributed by atoms with van der Waals surface area (Å²) in [5, 5.41) is 0. The van der Waals surface area contributed by atoms with Gasteiger partial charge in [0.25, 0.3) is 0 Å². The van der Waals surface area contributed by atoms with Crippen molar-refractivity contribution in [2.45, 2.75) is 32.0 Å². The Bertz CT molecular complexity index is 672. The van der Waals surface area contributed by atoms with Crippen LogP contribution in [-0.4, -0.2) is 40.5 Å². The Labute approximate surface area is 144 Å². The number of aromatic nitrogens is 1. The molecule has 0 saturated carbocycles. The number of nitrogens with two attached hydrogens (primary N) is 1. The Morgan fingerprint density at radius 1 is 0.958 bits per heavy atom. The minimum Gasteiger partial charge on any atom is -0.383 e. The third-order valence-corrected chi connectivity index (χ3v) is 5.45. The molecule has 2 aromatic rings. The molecule has 4 nitrogen and oxygen atoms in total. The van der Waals surface area contributed by atoms with Crippen LogP contribution in [0.2, 0.25) is 0 Å². The van der Waals surface area contributed by atoms with Crippen LogP contribution in [0.4, 0.5) is 5.82 Å². The number of nitrogen functional groups attached to an aromatic ring is 1. The van der Waals surface area contributed by atoms with Crippen molar-refractivity contribution in [2.24, 2.45) is 5.92 Å². The van der Waals surface area contributed by atoms with Crippen LogP contribution in [0.3, 0.4) is 0 Å². The third kappa shape index (κ3) is 3.45. The monoisotopic (exact) mass is 322 g/mol. The zero-order valence-electron chi connectivity index (χ0n) is 14.1. The van der Waals surface area contributed by atoms with E-state index in [0.717, 1.165) is 31.1 Å². The number of piperidine rings is 1. The lowest BCUT2D eigenvalue weighted by molar-refractivity contribution is 0.123. The van der Waals surface area contributed by atoms with Crippen LogP contribution in [0, 0.1) is 5.92 Å². The second-order valence-electron chi connectivity index (χ2n) is 7.25. The highest BCUT2D eigenvalue weighted by atomic mass is 15.3. The first-order valence-electron chi connectivity index (χ1n) is 8.97. The van der Waals surface area contributed by atoms with Gasteiger partial charge in [0.1, 0.15) is 5.82 Å². The van der Waals surface area contributed by atoms with Crippen LogP contribution in [0.15, 0.2) is 48.7 Å². The van der Waals surface area contributed by atoms with Gasteiger partial charge in [0.2, 0.25) is 0 Å². The number of hydrogen-bond acceptors (Lipinski definition) is 4. The lowest BCUT2D eigenvalue weighted by Crippen LogP contribution is -2.43. The molecule has 1 aromatic heterocycles. The van der Waals surface area contributed by atoms with Crippen molar-refractivity contribution in [1.82, 2.24) is 14.8 Å². The number of nitrogens with zero attached hydrogens (tertiary/aromatic N) is 3. The highest BCUT2D eigenvalue weighted by Crippen LogP contribution is 2.30. The molecule has 3 aliphatic heterocycles. The van der Waals surface area contributed by atoms with Crippen LogP contribution < -0.4 is 5.73 Å². The summed E-state index contributed by atoms with van der Waals surface area (Å²) in [6, 6.07) is 15.6. The molecule has 0 amide bonds. The van der Waals surface area contributed by atoms with E-state index in [2.05, 4.69) is 51.2 Å². The SMILES string of the molecule is Nc1ncccc1CN1C[C@H]2CC[C@@H](C1)N(Cc1ccccc1)C2. The smallest absolute Gasteiger partial charge is 0.127 e. The van der Waals surface area contributed by atoms with Gasteiger partial charge in [0.05, 0.1) is 0 Å². The lowest BCUT2D eigenvalue weighted by Gasteiger charge is -2.36. The van der Waals surface area contributed by atoms with E-state index in [9.17, 15) is 0 Å². The Hall–Kier alpha value is -1.91. The molecule has 5 rings (SSSR count). The van der Waals surface area contributed by atoms with Gasteiger partial charge in [0.15, 0.2) is 0 Å². The van der Waals surface area contributed by atoms with Gasteiger partial charge in [-0.2, -0.15) is 0 Å². The summed E-state index contributed by atoms with van der Waals surface area (Å²) in [4.78, 5) is 9.51. The van der Waals surface area contributed by atoms with Gasteiger partial charge in [0, 0.05) is 50.5 Å². The molecule has 2 bridgehead atoms. The van der Waals surface area contributed by atoms with Gasteiger partial charge in [-0.25, -0.2) is 4.98 Å². The number of rotatable bonds is 4. The molecule has 0 spiro atoms. The fraction of sp³-hybridized carbons (Fsp3) is 0.450. The fourth-order valence-corrected chi connectivity index (χ4v) is 4.24. The molecule has 1 aromatic carbocycles. The Balaban J connectivity index is 1.45. The van der Waals surface area contributed by atoms with Gasteiger partial charge in [-0.1, -0.05) is 36.4 Å². The second-order valence-corrected chi connectivity index (χ2v) is 7.25. The summed E-state index contributed by atoms with van der Waals surface area (Å²) >= 11 is 0. The third-order valence-electron chi connectivity index (χ3n) is 5.45. The first-order chi connectivity index (χ1) is 11.8.